The standard InChI is InChI=1S/C52H46O13S3.CH4O3S/c1-35-6-25-46(26-7-35)67(55,56)47-27-23-44(24-28-47)62-43-17-13-40(14-18-43)52(30-4-3-5-31-52)39-11-15-42(16-12-39)61-34-38-9-8-36(32-49(38)66-65-64-54)51(53)37-10-29-48(50(33-37)68(57,58)59)63-45-21-19-41(60-2)20-22-45;1-5(2,3)4/h6-29,32-33,54H,3-5,30-31,34H2,1-2H3,(H,57,58,59);1H3,(H,2,3,4). The maximum Gasteiger partial charge on any atom is 0.298 e. The van der Waals surface area contributed by atoms with Gasteiger partial charge >= 0.3 is 0 Å². The van der Waals surface area contributed by atoms with Gasteiger partial charge in [-0.25, -0.2) is 13.7 Å². The lowest BCUT2D eigenvalue weighted by Crippen LogP contribution is -2.30. The minimum atomic E-state index is -4.82. The van der Waals surface area contributed by atoms with Crippen molar-refractivity contribution in [2.75, 3.05) is 13.4 Å². The summed E-state index contributed by atoms with van der Waals surface area (Å²) in [5, 5.41) is 12.8. The summed E-state index contributed by atoms with van der Waals surface area (Å²) in [7, 11) is -10.6. The summed E-state index contributed by atoms with van der Waals surface area (Å²) in [6.07, 6.45) is 5.92. The number of aryl methyl sites for hydroxylation is 1. The highest BCUT2D eigenvalue weighted by Crippen LogP contribution is 2.46. The number of hydrogen-bond acceptors (Lipinski definition) is 15. The van der Waals surface area contributed by atoms with Crippen LogP contribution in [0.15, 0.2) is 177 Å². The van der Waals surface area contributed by atoms with E-state index >= 15 is 0 Å². The number of ether oxygens (including phenoxy) is 4. The van der Waals surface area contributed by atoms with Gasteiger partial charge in [-0.3, -0.25) is 13.9 Å². The molecule has 1 saturated carbocycles. The fourth-order valence-corrected chi connectivity index (χ4v) is 10.7. The van der Waals surface area contributed by atoms with Crippen LogP contribution in [-0.2, 0) is 51.5 Å². The van der Waals surface area contributed by atoms with Crippen molar-refractivity contribution in [2.24, 2.45) is 0 Å². The van der Waals surface area contributed by atoms with E-state index in [9.17, 15) is 34.6 Å². The summed E-state index contributed by atoms with van der Waals surface area (Å²) in [5.74, 6) is 1.81. The first-order valence-corrected chi connectivity index (χ1v) is 27.9. The number of hydrogen-bond donors (Lipinski definition) is 3. The predicted molar refractivity (Wildman–Crippen MR) is 272 cm³/mol. The maximum absolute atomic E-state index is 13.7. The second-order valence-electron chi connectivity index (χ2n) is 16.9. The van der Waals surface area contributed by atoms with E-state index in [1.54, 1.807) is 84.9 Å². The first kappa shape index (κ1) is 54.2. The van der Waals surface area contributed by atoms with Gasteiger partial charge in [-0.05, 0) is 140 Å². The molecule has 3 N–H and O–H groups in total. The molecule has 0 amide bonds. The van der Waals surface area contributed by atoms with Gasteiger partial charge in [0.2, 0.25) is 9.84 Å². The molecule has 20 heteroatoms. The van der Waals surface area contributed by atoms with Gasteiger partial charge in [0.25, 0.3) is 20.2 Å². The van der Waals surface area contributed by atoms with Crippen LogP contribution in [0.2, 0.25) is 0 Å². The molecule has 382 valence electrons. The minimum absolute atomic E-state index is 0.0455. The van der Waals surface area contributed by atoms with E-state index in [4.69, 9.17) is 33.1 Å². The van der Waals surface area contributed by atoms with Crippen LogP contribution in [0, 0.1) is 6.92 Å². The van der Waals surface area contributed by atoms with Gasteiger partial charge in [-0.1, -0.05) is 78.4 Å². The Hall–Kier alpha value is -6.59. The van der Waals surface area contributed by atoms with E-state index in [0.29, 0.717) is 51.8 Å². The van der Waals surface area contributed by atoms with Crippen LogP contribution in [0.25, 0.3) is 0 Å². The van der Waals surface area contributed by atoms with E-state index in [1.807, 2.05) is 31.2 Å². The average Bonchev–Trinajstić information content (AvgIpc) is 3.37. The molecule has 16 nitrogen and oxygen atoms in total. The Balaban J connectivity index is 0.00000149. The lowest BCUT2D eigenvalue weighted by atomic mass is 9.65. The zero-order valence-corrected chi connectivity index (χ0v) is 42.8. The molecule has 1 fully saturated rings. The van der Waals surface area contributed by atoms with Crippen LogP contribution in [0.1, 0.15) is 70.3 Å². The Bertz CT molecular complexity index is 3350. The summed E-state index contributed by atoms with van der Waals surface area (Å²) in [5.41, 5.74) is 3.74. The minimum Gasteiger partial charge on any atom is -0.497 e. The molecule has 0 heterocycles. The highest BCUT2D eigenvalue weighted by Gasteiger charge is 2.36. The molecule has 1 aliphatic rings. The number of carbonyl (C=O) groups excluding carboxylic acids is 1. The third-order valence-electron chi connectivity index (χ3n) is 11.9. The molecule has 7 aromatic rings. The highest BCUT2D eigenvalue weighted by atomic mass is 32.2. The van der Waals surface area contributed by atoms with Crippen molar-refractivity contribution in [1.29, 1.82) is 0 Å². The van der Waals surface area contributed by atoms with Crippen molar-refractivity contribution in [3.8, 4) is 34.5 Å². The molecule has 0 aromatic heterocycles. The van der Waals surface area contributed by atoms with Crippen molar-refractivity contribution in [3.63, 3.8) is 0 Å². The van der Waals surface area contributed by atoms with Crippen LogP contribution < -0.4 is 18.9 Å². The first-order chi connectivity index (χ1) is 34.7. The van der Waals surface area contributed by atoms with Crippen LogP contribution in [-0.4, -0.2) is 58.8 Å². The van der Waals surface area contributed by atoms with Crippen molar-refractivity contribution >= 4 is 47.9 Å². The van der Waals surface area contributed by atoms with Gasteiger partial charge in [-0.2, -0.15) is 16.8 Å². The van der Waals surface area contributed by atoms with E-state index < -0.39 is 40.8 Å². The average molecular weight is 1070 g/mol. The summed E-state index contributed by atoms with van der Waals surface area (Å²) in [4.78, 5) is 13.9. The molecule has 73 heavy (non-hydrogen) atoms. The normalized spacial score (nSPS) is 13.5. The second kappa shape index (κ2) is 23.5. The Morgan fingerprint density at radius 2 is 1.08 bits per heavy atom. The number of carbonyl (C=O) groups is 1. The van der Waals surface area contributed by atoms with Gasteiger partial charge < -0.3 is 18.9 Å². The second-order valence-corrected chi connectivity index (χ2v) is 22.4. The maximum atomic E-state index is 13.7. The molecule has 0 atom stereocenters. The number of ketones is 1. The first-order valence-electron chi connectivity index (χ1n) is 22.4. The van der Waals surface area contributed by atoms with Crippen molar-refractivity contribution in [2.45, 2.75) is 70.6 Å². The van der Waals surface area contributed by atoms with Crippen LogP contribution in [0.4, 0.5) is 0 Å². The summed E-state index contributed by atoms with van der Waals surface area (Å²) >= 11 is 0.643. The number of rotatable bonds is 18. The molecule has 8 rings (SSSR count). The monoisotopic (exact) mass is 1070 g/mol. The third kappa shape index (κ3) is 14.1. The largest absolute Gasteiger partial charge is 0.497 e. The van der Waals surface area contributed by atoms with E-state index in [1.165, 1.54) is 25.3 Å². The lowest BCUT2D eigenvalue weighted by Gasteiger charge is -2.38. The molecule has 0 aliphatic heterocycles. The smallest absolute Gasteiger partial charge is 0.298 e. The zero-order chi connectivity index (χ0) is 52.4. The molecule has 0 spiro atoms. The third-order valence-corrected chi connectivity index (χ3v) is 15.2. The number of methoxy groups -OCH3 is 1. The topological polar surface area (TPSA) is 236 Å². The van der Waals surface area contributed by atoms with Gasteiger partial charge in [-0.15, -0.1) is 4.33 Å². The van der Waals surface area contributed by atoms with Gasteiger partial charge in [0.05, 0.1) is 35.2 Å². The van der Waals surface area contributed by atoms with Gasteiger partial charge in [0.1, 0.15) is 46.0 Å². The predicted octanol–water partition coefficient (Wildman–Crippen LogP) is 11.7. The van der Waals surface area contributed by atoms with Crippen molar-refractivity contribution < 1.29 is 72.7 Å². The molecule has 1 aliphatic carbocycles. The van der Waals surface area contributed by atoms with E-state index in [-0.39, 0.29) is 44.4 Å². The van der Waals surface area contributed by atoms with E-state index in [0.717, 1.165) is 54.9 Å². The lowest BCUT2D eigenvalue weighted by molar-refractivity contribution is -0.432. The fraction of sp³-hybridized carbons (Fsp3) is 0.189. The SMILES string of the molecule is COc1ccc(Oc2ccc(C(=O)c3ccc(COc4ccc(C5(c6ccc(Oc7ccc(S(=O)(=O)c8ccc(C)cc8)cc7)cc6)CCCCC5)cc4)c(SOOO)c3)cc2S(=O)(=O)O)cc1.CS(=O)(=O)O. The van der Waals surface area contributed by atoms with Gasteiger partial charge in [0.15, 0.2) is 5.78 Å². The number of benzene rings is 7. The molecule has 7 aromatic carbocycles. The summed E-state index contributed by atoms with van der Waals surface area (Å²) in [6.45, 7) is 1.96. The molecule has 0 radical (unpaired) electrons. The van der Waals surface area contributed by atoms with E-state index in [2.05, 4.69) is 29.3 Å². The van der Waals surface area contributed by atoms with Crippen LogP contribution in [0.3, 0.4) is 0 Å². The Morgan fingerprint density at radius 1 is 0.603 bits per heavy atom. The summed E-state index contributed by atoms with van der Waals surface area (Å²) < 4.78 is 115. The van der Waals surface area contributed by atoms with Crippen molar-refractivity contribution in [3.05, 3.63) is 191 Å². The van der Waals surface area contributed by atoms with Crippen LogP contribution in [0.5, 0.6) is 34.5 Å². The van der Waals surface area contributed by atoms with Crippen LogP contribution >= 0.6 is 12.0 Å². The molecule has 0 saturated heterocycles. The molecular weight excluding hydrogens is 1020 g/mol. The highest BCUT2D eigenvalue weighted by molar-refractivity contribution is 7.94. The van der Waals surface area contributed by atoms with Crippen molar-refractivity contribution in [1.82, 2.24) is 0 Å². The quantitative estimate of drug-likeness (QED) is 0.0238. The Morgan fingerprint density at radius 3 is 1.63 bits per heavy atom. The molecule has 0 bridgehead atoms. The number of sulfone groups is 1. The fourth-order valence-electron chi connectivity index (χ4n) is 8.27. The Kier molecular flexibility index (Phi) is 17.5. The molecular formula is C53H50O16S4. The molecule has 0 unspecified atom stereocenters. The zero-order valence-electron chi connectivity index (χ0n) is 39.5. The van der Waals surface area contributed by atoms with Gasteiger partial charge in [0, 0.05) is 27.0 Å². The Labute approximate surface area is 427 Å². The summed E-state index contributed by atoms with van der Waals surface area (Å²) in [6, 6.07) is 44.0.